The van der Waals surface area contributed by atoms with E-state index in [1.807, 2.05) is 56.5 Å². The van der Waals surface area contributed by atoms with Crippen LogP contribution in [0, 0.1) is 16.7 Å². The lowest BCUT2D eigenvalue weighted by molar-refractivity contribution is -0.147. The van der Waals surface area contributed by atoms with Crippen LogP contribution >= 0.6 is 11.3 Å². The predicted octanol–water partition coefficient (Wildman–Crippen LogP) is 4.28. The molecule has 1 heterocycles. The molecule has 132 valence electrons. The highest BCUT2D eigenvalue weighted by Gasteiger charge is 2.58. The Morgan fingerprint density at radius 2 is 1.92 bits per heavy atom. The van der Waals surface area contributed by atoms with Crippen LogP contribution in [0.3, 0.4) is 0 Å². The summed E-state index contributed by atoms with van der Waals surface area (Å²) in [6, 6.07) is 9.78. The topological polar surface area (TPSA) is 79.3 Å². The first kappa shape index (κ1) is 17.6. The molecule has 2 atom stereocenters. The number of aromatic nitrogens is 1. The van der Waals surface area contributed by atoms with Gasteiger partial charge in [-0.25, -0.2) is 4.98 Å². The average Bonchev–Trinajstić information content (AvgIpc) is 3.12. The molecule has 0 unspecified atom stereocenters. The third-order valence-corrected chi connectivity index (χ3v) is 6.58. The number of benzene rings is 1. The Labute approximate surface area is 151 Å². The van der Waals surface area contributed by atoms with E-state index in [9.17, 15) is 14.7 Å². The van der Waals surface area contributed by atoms with Crippen LogP contribution < -0.4 is 5.32 Å². The van der Waals surface area contributed by atoms with Gasteiger partial charge in [-0.1, -0.05) is 51.1 Å². The van der Waals surface area contributed by atoms with Gasteiger partial charge in [-0.2, -0.15) is 0 Å². The van der Waals surface area contributed by atoms with E-state index in [-0.39, 0.29) is 5.91 Å². The summed E-state index contributed by atoms with van der Waals surface area (Å²) >= 11 is 1.38. The van der Waals surface area contributed by atoms with Gasteiger partial charge in [-0.15, -0.1) is 11.3 Å². The smallest absolute Gasteiger partial charge is 0.307 e. The highest BCUT2D eigenvalue weighted by molar-refractivity contribution is 7.14. The van der Waals surface area contributed by atoms with E-state index in [0.717, 1.165) is 11.3 Å². The number of amides is 1. The Balaban J connectivity index is 1.79. The molecule has 1 aromatic heterocycles. The van der Waals surface area contributed by atoms with Gasteiger partial charge in [-0.05, 0) is 18.3 Å². The van der Waals surface area contributed by atoms with Crippen molar-refractivity contribution >= 4 is 28.3 Å². The van der Waals surface area contributed by atoms with Crippen molar-refractivity contribution in [2.45, 2.75) is 33.6 Å². The minimum absolute atomic E-state index is 0.157. The zero-order valence-electron chi connectivity index (χ0n) is 14.6. The standard InChI is InChI=1S/C19H22N2O3S/c1-18(2)13(15(22)23)9-10-19(18,3)16(24)21-17-20-14(11-25-17)12-7-5-4-6-8-12/h4-8,11,13H,9-10H2,1-3H3,(H,22,23)(H,20,21,24)/t13-,19+/m1/s1. The maximum absolute atomic E-state index is 12.9. The van der Waals surface area contributed by atoms with E-state index >= 15 is 0 Å². The molecule has 1 aromatic carbocycles. The number of carbonyl (C=O) groups is 2. The van der Waals surface area contributed by atoms with Crippen molar-refractivity contribution in [3.05, 3.63) is 35.7 Å². The Morgan fingerprint density at radius 1 is 1.24 bits per heavy atom. The van der Waals surface area contributed by atoms with Gasteiger partial charge < -0.3 is 10.4 Å². The van der Waals surface area contributed by atoms with E-state index in [1.54, 1.807) is 0 Å². The first-order valence-corrected chi connectivity index (χ1v) is 9.19. The van der Waals surface area contributed by atoms with Crippen molar-refractivity contribution in [2.24, 2.45) is 16.7 Å². The number of carboxylic acids is 1. The van der Waals surface area contributed by atoms with Crippen molar-refractivity contribution in [3.8, 4) is 11.3 Å². The highest BCUT2D eigenvalue weighted by atomic mass is 32.1. The van der Waals surface area contributed by atoms with Crippen molar-refractivity contribution < 1.29 is 14.7 Å². The van der Waals surface area contributed by atoms with Gasteiger partial charge in [0.1, 0.15) is 0 Å². The van der Waals surface area contributed by atoms with Gasteiger partial charge in [0.25, 0.3) is 0 Å². The van der Waals surface area contributed by atoms with E-state index in [0.29, 0.717) is 18.0 Å². The summed E-state index contributed by atoms with van der Waals surface area (Å²) in [6.45, 7) is 5.60. The summed E-state index contributed by atoms with van der Waals surface area (Å²) < 4.78 is 0. The second-order valence-electron chi connectivity index (χ2n) is 7.34. The molecule has 25 heavy (non-hydrogen) atoms. The van der Waals surface area contributed by atoms with Crippen LogP contribution in [0.25, 0.3) is 11.3 Å². The largest absolute Gasteiger partial charge is 0.481 e. The lowest BCUT2D eigenvalue weighted by Gasteiger charge is -2.38. The number of thiazole rings is 1. The molecule has 0 bridgehead atoms. The lowest BCUT2D eigenvalue weighted by Crippen LogP contribution is -2.45. The predicted molar refractivity (Wildman–Crippen MR) is 98.4 cm³/mol. The zero-order chi connectivity index (χ0) is 18.2. The molecule has 2 aromatic rings. The first-order chi connectivity index (χ1) is 11.8. The number of aliphatic carboxylic acids is 1. The molecule has 5 nitrogen and oxygen atoms in total. The minimum atomic E-state index is -0.831. The fourth-order valence-electron chi connectivity index (χ4n) is 3.65. The summed E-state index contributed by atoms with van der Waals surface area (Å²) in [5.41, 5.74) is 0.453. The fourth-order valence-corrected chi connectivity index (χ4v) is 4.36. The molecule has 2 N–H and O–H groups in total. The lowest BCUT2D eigenvalue weighted by atomic mass is 9.65. The number of rotatable bonds is 4. The van der Waals surface area contributed by atoms with Crippen LogP contribution in [-0.4, -0.2) is 22.0 Å². The van der Waals surface area contributed by atoms with Crippen LogP contribution in [0.2, 0.25) is 0 Å². The quantitative estimate of drug-likeness (QED) is 0.855. The molecule has 1 aliphatic rings. The monoisotopic (exact) mass is 358 g/mol. The molecular formula is C19H22N2O3S. The second kappa shape index (κ2) is 6.26. The third-order valence-electron chi connectivity index (χ3n) is 5.82. The van der Waals surface area contributed by atoms with E-state index in [4.69, 9.17) is 0 Å². The Hall–Kier alpha value is -2.21. The molecule has 3 rings (SSSR count). The van der Waals surface area contributed by atoms with E-state index in [2.05, 4.69) is 10.3 Å². The molecule has 0 aliphatic heterocycles. The van der Waals surface area contributed by atoms with Crippen molar-refractivity contribution in [1.82, 2.24) is 4.98 Å². The molecule has 6 heteroatoms. The van der Waals surface area contributed by atoms with Crippen LogP contribution in [0.4, 0.5) is 5.13 Å². The van der Waals surface area contributed by atoms with E-state index < -0.39 is 22.7 Å². The maximum Gasteiger partial charge on any atom is 0.307 e. The molecule has 1 saturated carbocycles. The molecule has 1 amide bonds. The van der Waals surface area contributed by atoms with Crippen LogP contribution in [-0.2, 0) is 9.59 Å². The summed E-state index contributed by atoms with van der Waals surface area (Å²) in [5, 5.41) is 14.8. The zero-order valence-corrected chi connectivity index (χ0v) is 15.4. The number of nitrogens with zero attached hydrogens (tertiary/aromatic N) is 1. The Kier molecular flexibility index (Phi) is 4.41. The number of carbonyl (C=O) groups excluding carboxylic acids is 1. The summed E-state index contributed by atoms with van der Waals surface area (Å²) in [5.74, 6) is -1.50. The van der Waals surface area contributed by atoms with Crippen molar-refractivity contribution in [3.63, 3.8) is 0 Å². The highest BCUT2D eigenvalue weighted by Crippen LogP contribution is 2.56. The fraction of sp³-hybridized carbons (Fsp3) is 0.421. The molecule has 0 spiro atoms. The SMILES string of the molecule is CC1(C)[C@@H](C(=O)O)CC[C@@]1(C)C(=O)Nc1nc(-c2ccccc2)cs1. The normalized spacial score (nSPS) is 24.8. The van der Waals surface area contributed by atoms with Crippen LogP contribution in [0.15, 0.2) is 35.7 Å². The van der Waals surface area contributed by atoms with Gasteiger partial charge in [0, 0.05) is 10.9 Å². The van der Waals surface area contributed by atoms with Crippen LogP contribution in [0.5, 0.6) is 0 Å². The number of carboxylic acid groups (broad SMARTS) is 1. The van der Waals surface area contributed by atoms with Crippen molar-refractivity contribution in [2.75, 3.05) is 5.32 Å². The first-order valence-electron chi connectivity index (χ1n) is 8.31. The third kappa shape index (κ3) is 2.95. The van der Waals surface area contributed by atoms with Gasteiger partial charge >= 0.3 is 5.97 Å². The van der Waals surface area contributed by atoms with Gasteiger partial charge in [-0.3, -0.25) is 9.59 Å². The molecule has 1 fully saturated rings. The minimum Gasteiger partial charge on any atom is -0.481 e. The average molecular weight is 358 g/mol. The van der Waals surface area contributed by atoms with E-state index in [1.165, 1.54) is 11.3 Å². The Bertz CT molecular complexity index is 800. The summed E-state index contributed by atoms with van der Waals surface area (Å²) in [7, 11) is 0. The van der Waals surface area contributed by atoms with Gasteiger partial charge in [0.2, 0.25) is 5.91 Å². The molecule has 1 aliphatic carbocycles. The maximum atomic E-state index is 12.9. The van der Waals surface area contributed by atoms with Crippen LogP contribution in [0.1, 0.15) is 33.6 Å². The Morgan fingerprint density at radius 3 is 2.52 bits per heavy atom. The molecule has 0 saturated heterocycles. The van der Waals surface area contributed by atoms with Gasteiger partial charge in [0.15, 0.2) is 5.13 Å². The summed E-state index contributed by atoms with van der Waals surface area (Å²) in [6.07, 6.45) is 1.07. The number of hydrogen-bond donors (Lipinski definition) is 2. The molecular weight excluding hydrogens is 336 g/mol. The van der Waals surface area contributed by atoms with Crippen molar-refractivity contribution in [1.29, 1.82) is 0 Å². The molecule has 0 radical (unpaired) electrons. The van der Waals surface area contributed by atoms with Gasteiger partial charge in [0.05, 0.1) is 17.0 Å². The second-order valence-corrected chi connectivity index (χ2v) is 8.20. The summed E-state index contributed by atoms with van der Waals surface area (Å²) in [4.78, 5) is 28.9. The number of anilines is 1. The number of nitrogens with one attached hydrogen (secondary N) is 1. The number of hydrogen-bond acceptors (Lipinski definition) is 4.